The van der Waals surface area contributed by atoms with Crippen LogP contribution in [0.1, 0.15) is 23.9 Å². The van der Waals surface area contributed by atoms with Gasteiger partial charge in [0.05, 0.1) is 29.1 Å². The van der Waals surface area contributed by atoms with E-state index in [-0.39, 0.29) is 18.1 Å². The van der Waals surface area contributed by atoms with Crippen molar-refractivity contribution in [3.05, 3.63) is 53.3 Å². The van der Waals surface area contributed by atoms with Crippen molar-refractivity contribution in [1.29, 1.82) is 0 Å². The zero-order valence-electron chi connectivity index (χ0n) is 19.6. The summed E-state index contributed by atoms with van der Waals surface area (Å²) in [5, 5.41) is 0. The van der Waals surface area contributed by atoms with Crippen LogP contribution in [0.5, 0.6) is 5.75 Å². The molecule has 1 aliphatic heterocycles. The predicted molar refractivity (Wildman–Crippen MR) is 126 cm³/mol. The molecule has 2 aromatic carbocycles. The molecule has 34 heavy (non-hydrogen) atoms. The first-order valence-corrected chi connectivity index (χ1v) is 12.7. The number of fused-ring (bicyclic) bond motifs is 1. The van der Waals surface area contributed by atoms with Crippen molar-refractivity contribution in [2.45, 2.75) is 38.8 Å². The Bertz CT molecular complexity index is 1300. The number of esters is 1. The summed E-state index contributed by atoms with van der Waals surface area (Å²) in [5.41, 5.74) is 3.30. The first-order chi connectivity index (χ1) is 16.3. The van der Waals surface area contributed by atoms with Gasteiger partial charge in [-0.1, -0.05) is 12.1 Å². The summed E-state index contributed by atoms with van der Waals surface area (Å²) in [6.07, 6.45) is 0. The van der Waals surface area contributed by atoms with Crippen LogP contribution < -0.4 is 4.74 Å². The predicted octanol–water partition coefficient (Wildman–Crippen LogP) is 2.82. The number of carbonyl (C=O) groups is 1. The molecule has 3 aromatic rings. The minimum Gasteiger partial charge on any atom is -0.482 e. The highest BCUT2D eigenvalue weighted by atomic mass is 32.2. The van der Waals surface area contributed by atoms with Crippen LogP contribution in [0.3, 0.4) is 0 Å². The van der Waals surface area contributed by atoms with E-state index in [9.17, 15) is 13.2 Å². The number of ether oxygens (including phenoxy) is 3. The number of carbonyl (C=O) groups excluding carboxylic acids is 1. The Morgan fingerprint density at radius 1 is 1.12 bits per heavy atom. The van der Waals surface area contributed by atoms with Crippen molar-refractivity contribution >= 4 is 27.0 Å². The van der Waals surface area contributed by atoms with Gasteiger partial charge in [0.15, 0.2) is 6.61 Å². The molecule has 182 valence electrons. The average Bonchev–Trinajstić information content (AvgIpc) is 3.20. The highest BCUT2D eigenvalue weighted by Crippen LogP contribution is 2.24. The number of morpholine rings is 1. The lowest BCUT2D eigenvalue weighted by atomic mass is 10.1. The third-order valence-corrected chi connectivity index (χ3v) is 7.67. The van der Waals surface area contributed by atoms with Gasteiger partial charge in [0.2, 0.25) is 10.0 Å². The highest BCUT2D eigenvalue weighted by Gasteiger charge is 2.27. The maximum absolute atomic E-state index is 13.0. The van der Waals surface area contributed by atoms with E-state index in [0.717, 1.165) is 16.6 Å². The SMILES string of the molecule is CCn1c(COC(=O)COc2cc(C)ccc2C)nc2cc(S(=O)(=O)N3CCOCC3)ccc21. The van der Waals surface area contributed by atoms with Crippen LogP contribution in [0, 0.1) is 13.8 Å². The molecule has 1 aliphatic rings. The largest absolute Gasteiger partial charge is 0.482 e. The van der Waals surface area contributed by atoms with E-state index >= 15 is 0 Å². The Morgan fingerprint density at radius 2 is 1.88 bits per heavy atom. The number of nitrogens with zero attached hydrogens (tertiary/aromatic N) is 3. The van der Waals surface area contributed by atoms with Crippen LogP contribution >= 0.6 is 0 Å². The van der Waals surface area contributed by atoms with Crippen molar-refractivity contribution in [1.82, 2.24) is 13.9 Å². The minimum absolute atomic E-state index is 0.0386. The lowest BCUT2D eigenvalue weighted by Crippen LogP contribution is -2.40. The molecule has 1 aromatic heterocycles. The van der Waals surface area contributed by atoms with Crippen molar-refractivity contribution in [3.8, 4) is 5.75 Å². The van der Waals surface area contributed by atoms with Gasteiger partial charge in [-0.3, -0.25) is 0 Å². The molecule has 0 atom stereocenters. The third kappa shape index (κ3) is 5.08. The summed E-state index contributed by atoms with van der Waals surface area (Å²) in [5.74, 6) is 0.677. The van der Waals surface area contributed by atoms with Crippen molar-refractivity contribution in [2.75, 3.05) is 32.9 Å². The topological polar surface area (TPSA) is 100.0 Å². The van der Waals surface area contributed by atoms with Gasteiger partial charge >= 0.3 is 5.97 Å². The van der Waals surface area contributed by atoms with Gasteiger partial charge in [-0.15, -0.1) is 0 Å². The molecule has 2 heterocycles. The highest BCUT2D eigenvalue weighted by molar-refractivity contribution is 7.89. The van der Waals surface area contributed by atoms with E-state index < -0.39 is 16.0 Å². The maximum Gasteiger partial charge on any atom is 0.344 e. The zero-order valence-corrected chi connectivity index (χ0v) is 20.4. The molecule has 0 bridgehead atoms. The van der Waals surface area contributed by atoms with E-state index in [0.29, 0.717) is 49.9 Å². The van der Waals surface area contributed by atoms with Gasteiger partial charge in [-0.25, -0.2) is 18.2 Å². The molecule has 9 nitrogen and oxygen atoms in total. The summed E-state index contributed by atoms with van der Waals surface area (Å²) in [6.45, 7) is 7.59. The Hall–Kier alpha value is -2.95. The number of hydrogen-bond acceptors (Lipinski definition) is 7. The summed E-state index contributed by atoms with van der Waals surface area (Å²) < 4.78 is 45.6. The fourth-order valence-corrected chi connectivity index (χ4v) is 5.33. The first-order valence-electron chi connectivity index (χ1n) is 11.2. The van der Waals surface area contributed by atoms with E-state index in [2.05, 4.69) is 4.98 Å². The maximum atomic E-state index is 13.0. The average molecular weight is 488 g/mol. The second kappa shape index (κ2) is 10.1. The van der Waals surface area contributed by atoms with Crippen LogP contribution in [0.4, 0.5) is 0 Å². The summed E-state index contributed by atoms with van der Waals surface area (Å²) in [4.78, 5) is 17.0. The molecule has 0 amide bonds. The molecular formula is C24H29N3O6S. The number of sulfonamides is 1. The number of imidazole rings is 1. The van der Waals surface area contributed by atoms with E-state index in [1.165, 1.54) is 4.31 Å². The van der Waals surface area contributed by atoms with Gasteiger partial charge in [-0.05, 0) is 56.2 Å². The van der Waals surface area contributed by atoms with Gasteiger partial charge in [0.25, 0.3) is 0 Å². The van der Waals surface area contributed by atoms with Gasteiger partial charge in [-0.2, -0.15) is 4.31 Å². The quantitative estimate of drug-likeness (QED) is 0.451. The molecule has 0 radical (unpaired) electrons. The molecule has 0 N–H and O–H groups in total. The fraction of sp³-hybridized carbons (Fsp3) is 0.417. The normalized spacial score (nSPS) is 14.9. The molecule has 0 aliphatic carbocycles. The van der Waals surface area contributed by atoms with Crippen LogP contribution in [-0.2, 0) is 37.4 Å². The smallest absolute Gasteiger partial charge is 0.344 e. The third-order valence-electron chi connectivity index (χ3n) is 5.77. The molecule has 1 saturated heterocycles. The van der Waals surface area contributed by atoms with Crippen molar-refractivity contribution in [3.63, 3.8) is 0 Å². The number of hydrogen-bond donors (Lipinski definition) is 0. The van der Waals surface area contributed by atoms with E-state index in [4.69, 9.17) is 14.2 Å². The van der Waals surface area contributed by atoms with E-state index in [1.54, 1.807) is 18.2 Å². The number of rotatable bonds is 8. The molecule has 10 heteroatoms. The summed E-state index contributed by atoms with van der Waals surface area (Å²) in [7, 11) is -3.63. The van der Waals surface area contributed by atoms with Gasteiger partial charge in [0.1, 0.15) is 18.2 Å². The first kappa shape index (κ1) is 24.2. The minimum atomic E-state index is -3.63. The Balaban J connectivity index is 1.47. The standard InChI is InChI=1S/C24H29N3O6S/c1-4-27-21-8-7-19(34(29,30)26-9-11-31-12-10-26)14-20(21)25-23(27)15-33-24(28)16-32-22-13-17(2)5-6-18(22)3/h5-8,13-14H,4,9-12,15-16H2,1-3H3. The number of aromatic nitrogens is 2. The number of aryl methyl sites for hydroxylation is 3. The number of benzene rings is 2. The Morgan fingerprint density at radius 3 is 2.62 bits per heavy atom. The van der Waals surface area contributed by atoms with Crippen LogP contribution in [-0.4, -0.2) is 61.2 Å². The molecular weight excluding hydrogens is 458 g/mol. The van der Waals surface area contributed by atoms with Gasteiger partial charge < -0.3 is 18.8 Å². The molecule has 4 rings (SSSR count). The van der Waals surface area contributed by atoms with Crippen molar-refractivity contribution < 1.29 is 27.4 Å². The molecule has 0 spiro atoms. The molecule has 0 unspecified atom stereocenters. The van der Waals surface area contributed by atoms with Gasteiger partial charge in [0, 0.05) is 19.6 Å². The summed E-state index contributed by atoms with van der Waals surface area (Å²) in [6, 6.07) is 10.7. The Labute approximate surface area is 199 Å². The van der Waals surface area contributed by atoms with Crippen LogP contribution in [0.2, 0.25) is 0 Å². The lowest BCUT2D eigenvalue weighted by Gasteiger charge is -2.26. The monoisotopic (exact) mass is 487 g/mol. The Kier molecular flexibility index (Phi) is 7.20. The van der Waals surface area contributed by atoms with Crippen molar-refractivity contribution in [2.24, 2.45) is 0 Å². The fourth-order valence-electron chi connectivity index (χ4n) is 3.91. The zero-order chi connectivity index (χ0) is 24.3. The lowest BCUT2D eigenvalue weighted by molar-refractivity contribution is -0.147. The second-order valence-electron chi connectivity index (χ2n) is 8.16. The second-order valence-corrected chi connectivity index (χ2v) is 10.1. The molecule has 0 saturated carbocycles. The van der Waals surface area contributed by atoms with E-state index in [1.807, 2.05) is 43.5 Å². The molecule has 1 fully saturated rings. The van der Waals surface area contributed by atoms with Crippen LogP contribution in [0.25, 0.3) is 11.0 Å². The van der Waals surface area contributed by atoms with Crippen LogP contribution in [0.15, 0.2) is 41.3 Å². The summed E-state index contributed by atoms with van der Waals surface area (Å²) >= 11 is 0.